The average molecular weight is 205 g/mol. The molecule has 2 bridgehead atoms. The number of aliphatic hydroxyl groups excluding tert-OH is 1. The first-order chi connectivity index (χ1) is 4.81. The first-order valence-corrected chi connectivity index (χ1v) is 5.17. The van der Waals surface area contributed by atoms with Gasteiger partial charge in [0.05, 0.1) is 6.10 Å². The van der Waals surface area contributed by atoms with Crippen LogP contribution in [0.1, 0.15) is 19.3 Å². The smallest absolute Gasteiger partial charge is 0.0574 e. The lowest BCUT2D eigenvalue weighted by Crippen LogP contribution is -2.24. The van der Waals surface area contributed by atoms with Crippen LogP contribution in [0.5, 0.6) is 0 Å². The molecule has 1 N–H and O–H groups in total. The maximum Gasteiger partial charge on any atom is 0.0574 e. The third-order valence-corrected chi connectivity index (χ3v) is 3.95. The van der Waals surface area contributed by atoms with Gasteiger partial charge in [-0.25, -0.2) is 0 Å². The summed E-state index contributed by atoms with van der Waals surface area (Å²) in [6, 6.07) is 0. The summed E-state index contributed by atoms with van der Waals surface area (Å²) in [6.45, 7) is 0. The van der Waals surface area contributed by atoms with E-state index < -0.39 is 0 Å². The van der Waals surface area contributed by atoms with Gasteiger partial charge in [-0.1, -0.05) is 15.9 Å². The fourth-order valence-corrected chi connectivity index (χ4v) is 3.38. The van der Waals surface area contributed by atoms with E-state index in [9.17, 15) is 5.11 Å². The number of alkyl halides is 1. The second-order valence-corrected chi connectivity index (χ2v) is 4.37. The summed E-state index contributed by atoms with van der Waals surface area (Å²) in [6.07, 6.45) is 3.75. The van der Waals surface area contributed by atoms with Gasteiger partial charge in [0, 0.05) is 5.33 Å². The Morgan fingerprint density at radius 3 is 2.50 bits per heavy atom. The van der Waals surface area contributed by atoms with E-state index in [1.54, 1.807) is 0 Å². The number of hydrogen-bond acceptors (Lipinski definition) is 1. The quantitative estimate of drug-likeness (QED) is 0.647. The van der Waals surface area contributed by atoms with E-state index in [2.05, 4.69) is 15.9 Å². The Labute approximate surface area is 69.9 Å². The van der Waals surface area contributed by atoms with Crippen LogP contribution in [-0.4, -0.2) is 16.5 Å². The molecule has 0 aliphatic heterocycles. The van der Waals surface area contributed by atoms with Crippen LogP contribution < -0.4 is 0 Å². The number of aliphatic hydroxyl groups is 1. The summed E-state index contributed by atoms with van der Waals surface area (Å²) < 4.78 is 0. The minimum absolute atomic E-state index is 0.0290. The van der Waals surface area contributed by atoms with Crippen LogP contribution in [0, 0.1) is 17.8 Å². The minimum Gasteiger partial charge on any atom is -0.393 e. The summed E-state index contributed by atoms with van der Waals surface area (Å²) in [7, 11) is 0. The largest absolute Gasteiger partial charge is 0.393 e. The van der Waals surface area contributed by atoms with Crippen LogP contribution >= 0.6 is 15.9 Å². The van der Waals surface area contributed by atoms with Crippen molar-refractivity contribution >= 4 is 15.9 Å². The zero-order chi connectivity index (χ0) is 7.14. The van der Waals surface area contributed by atoms with Gasteiger partial charge < -0.3 is 5.11 Å². The molecule has 0 spiro atoms. The molecule has 2 heteroatoms. The Morgan fingerprint density at radius 2 is 2.10 bits per heavy atom. The van der Waals surface area contributed by atoms with Gasteiger partial charge in [0.25, 0.3) is 0 Å². The Morgan fingerprint density at radius 1 is 1.30 bits per heavy atom. The minimum atomic E-state index is 0.0290. The molecule has 2 saturated carbocycles. The number of hydrogen-bond donors (Lipinski definition) is 1. The van der Waals surface area contributed by atoms with Crippen molar-refractivity contribution in [2.75, 3.05) is 5.33 Å². The molecule has 1 nitrogen and oxygen atoms in total. The SMILES string of the molecule is O[C@@H]1C[C@H]2C[C@@H](CBr)[C@@H]1C2. The molecule has 0 aromatic rings. The van der Waals surface area contributed by atoms with Gasteiger partial charge in [0.2, 0.25) is 0 Å². The molecule has 0 radical (unpaired) electrons. The maximum absolute atomic E-state index is 9.50. The second-order valence-electron chi connectivity index (χ2n) is 3.72. The molecule has 2 aliphatic rings. The normalized spacial score (nSPS) is 52.2. The van der Waals surface area contributed by atoms with Crippen LogP contribution in [-0.2, 0) is 0 Å². The van der Waals surface area contributed by atoms with Gasteiger partial charge >= 0.3 is 0 Å². The van der Waals surface area contributed by atoms with E-state index in [-0.39, 0.29) is 6.10 Å². The van der Waals surface area contributed by atoms with Gasteiger partial charge in [-0.3, -0.25) is 0 Å². The average Bonchev–Trinajstić information content (AvgIpc) is 2.44. The van der Waals surface area contributed by atoms with Crippen LogP contribution in [0.4, 0.5) is 0 Å². The van der Waals surface area contributed by atoms with Crippen LogP contribution in [0.15, 0.2) is 0 Å². The van der Waals surface area contributed by atoms with Gasteiger partial charge in [-0.15, -0.1) is 0 Å². The van der Waals surface area contributed by atoms with Crippen molar-refractivity contribution in [3.63, 3.8) is 0 Å². The van der Waals surface area contributed by atoms with E-state index in [0.29, 0.717) is 5.92 Å². The Hall–Kier alpha value is 0.440. The zero-order valence-electron chi connectivity index (χ0n) is 5.96. The summed E-state index contributed by atoms with van der Waals surface area (Å²) in [5, 5.41) is 10.6. The Bertz CT molecular complexity index is 135. The highest BCUT2D eigenvalue weighted by Crippen LogP contribution is 2.48. The molecule has 0 aromatic heterocycles. The predicted molar refractivity (Wildman–Crippen MR) is 44.1 cm³/mol. The summed E-state index contributed by atoms with van der Waals surface area (Å²) in [5.41, 5.74) is 0. The lowest BCUT2D eigenvalue weighted by Gasteiger charge is -2.23. The number of rotatable bonds is 1. The molecule has 4 atom stereocenters. The first-order valence-electron chi connectivity index (χ1n) is 4.05. The third kappa shape index (κ3) is 0.928. The van der Waals surface area contributed by atoms with Gasteiger partial charge in [-0.05, 0) is 37.0 Å². The van der Waals surface area contributed by atoms with Crippen molar-refractivity contribution < 1.29 is 5.11 Å². The Balaban J connectivity index is 2.06. The van der Waals surface area contributed by atoms with Crippen molar-refractivity contribution in [1.82, 2.24) is 0 Å². The van der Waals surface area contributed by atoms with Crippen molar-refractivity contribution in [3.05, 3.63) is 0 Å². The highest BCUT2D eigenvalue weighted by Gasteiger charge is 2.44. The van der Waals surface area contributed by atoms with Crippen molar-refractivity contribution in [2.45, 2.75) is 25.4 Å². The van der Waals surface area contributed by atoms with Gasteiger partial charge in [-0.2, -0.15) is 0 Å². The van der Waals surface area contributed by atoms with Gasteiger partial charge in [0.1, 0.15) is 0 Å². The monoisotopic (exact) mass is 204 g/mol. The summed E-state index contributed by atoms with van der Waals surface area (Å²) in [5.74, 6) is 2.25. The van der Waals surface area contributed by atoms with Gasteiger partial charge in [0.15, 0.2) is 0 Å². The Kier molecular flexibility index (Phi) is 1.77. The molecule has 0 unspecified atom stereocenters. The molecular formula is C8H13BrO. The molecule has 2 aliphatic carbocycles. The predicted octanol–water partition coefficient (Wildman–Crippen LogP) is 1.79. The molecule has 2 fully saturated rings. The highest BCUT2D eigenvalue weighted by molar-refractivity contribution is 9.09. The highest BCUT2D eigenvalue weighted by atomic mass is 79.9. The molecule has 2 rings (SSSR count). The lowest BCUT2D eigenvalue weighted by atomic mass is 9.88. The molecule has 0 heterocycles. The number of halogens is 1. The van der Waals surface area contributed by atoms with E-state index in [4.69, 9.17) is 0 Å². The third-order valence-electron chi connectivity index (χ3n) is 3.11. The first kappa shape index (κ1) is 7.11. The van der Waals surface area contributed by atoms with E-state index in [1.165, 1.54) is 12.8 Å². The maximum atomic E-state index is 9.50. The number of fused-ring (bicyclic) bond motifs is 2. The fourth-order valence-electron chi connectivity index (χ4n) is 2.63. The molecule has 0 saturated heterocycles. The second kappa shape index (κ2) is 2.49. The van der Waals surface area contributed by atoms with E-state index in [0.717, 1.165) is 23.6 Å². The van der Waals surface area contributed by atoms with E-state index >= 15 is 0 Å². The van der Waals surface area contributed by atoms with Crippen molar-refractivity contribution in [1.29, 1.82) is 0 Å². The molecule has 10 heavy (non-hydrogen) atoms. The molecule has 58 valence electrons. The lowest BCUT2D eigenvalue weighted by molar-refractivity contribution is 0.0882. The van der Waals surface area contributed by atoms with Crippen molar-refractivity contribution in [3.8, 4) is 0 Å². The van der Waals surface area contributed by atoms with Crippen LogP contribution in [0.2, 0.25) is 0 Å². The van der Waals surface area contributed by atoms with E-state index in [1.807, 2.05) is 0 Å². The molecule has 0 aromatic carbocycles. The molecule has 0 amide bonds. The van der Waals surface area contributed by atoms with Crippen LogP contribution in [0.25, 0.3) is 0 Å². The summed E-state index contributed by atoms with van der Waals surface area (Å²) >= 11 is 3.49. The topological polar surface area (TPSA) is 20.2 Å². The summed E-state index contributed by atoms with van der Waals surface area (Å²) in [4.78, 5) is 0. The van der Waals surface area contributed by atoms with Crippen molar-refractivity contribution in [2.24, 2.45) is 17.8 Å². The fraction of sp³-hybridized carbons (Fsp3) is 1.00. The molecular weight excluding hydrogens is 192 g/mol. The van der Waals surface area contributed by atoms with Crippen LogP contribution in [0.3, 0.4) is 0 Å². The standard InChI is InChI=1S/C8H13BrO/c9-4-6-1-5-2-7(6)8(10)3-5/h5-8,10H,1-4H2/t5-,6-,7-,8+/m0/s1. The zero-order valence-corrected chi connectivity index (χ0v) is 7.55.